The van der Waals surface area contributed by atoms with Gasteiger partial charge in [0.05, 0.1) is 0 Å². The molecule has 0 fully saturated rings. The maximum Gasteiger partial charge on any atom is 0.499 e. The Hall–Kier alpha value is 1.02. The molecular formula is C16H46O7Si6. The molecule has 7 nitrogen and oxygen atoms in total. The van der Waals surface area contributed by atoms with Crippen molar-refractivity contribution in [2.45, 2.75) is 77.7 Å². The standard InChI is InChI=1S/C16H46O7Si6/c1-17-29(18-2,19-3)16-27(13,14)20-15-28(21-24(4,5)6,22-25(7,8)9)23-26(10,11)12/h15-16H2,1-14H3. The fourth-order valence-electron chi connectivity index (χ4n) is 2.87. The van der Waals surface area contributed by atoms with Crippen molar-refractivity contribution in [3.63, 3.8) is 0 Å². The van der Waals surface area contributed by atoms with Crippen molar-refractivity contribution in [3.05, 3.63) is 0 Å². The van der Waals surface area contributed by atoms with E-state index in [0.29, 0.717) is 11.9 Å². The van der Waals surface area contributed by atoms with Crippen molar-refractivity contribution in [1.82, 2.24) is 0 Å². The molecule has 0 saturated carbocycles. The summed E-state index contributed by atoms with van der Waals surface area (Å²) in [6.45, 7) is 23.9. The largest absolute Gasteiger partial charge is 0.499 e. The van der Waals surface area contributed by atoms with E-state index in [1.165, 1.54) is 0 Å². The maximum atomic E-state index is 6.70. The highest BCUT2D eigenvalue weighted by atomic mass is 28.5. The third-order valence-electron chi connectivity index (χ3n) is 3.60. The first kappa shape index (κ1) is 30.0. The SMILES string of the molecule is CO[Si](C[Si](C)(C)OC[Si](O[Si](C)(C)C)(O[Si](C)(C)C)O[Si](C)(C)C)(OC)OC. The maximum absolute atomic E-state index is 6.70. The van der Waals surface area contributed by atoms with E-state index >= 15 is 0 Å². The third-order valence-corrected chi connectivity index (χ3v) is 23.4. The zero-order valence-corrected chi connectivity index (χ0v) is 27.3. The van der Waals surface area contributed by atoms with E-state index in [1.807, 2.05) is 0 Å². The lowest BCUT2D eigenvalue weighted by Gasteiger charge is -2.44. The minimum absolute atomic E-state index is 0.368. The van der Waals surface area contributed by atoms with Crippen LogP contribution in [0.3, 0.4) is 0 Å². The first-order chi connectivity index (χ1) is 12.7. The minimum atomic E-state index is -3.03. The van der Waals surface area contributed by atoms with Gasteiger partial charge in [0.25, 0.3) is 0 Å². The third kappa shape index (κ3) is 12.6. The Balaban J connectivity index is 5.83. The van der Waals surface area contributed by atoms with Gasteiger partial charge in [-0.25, -0.2) is 0 Å². The van der Waals surface area contributed by atoms with Crippen molar-refractivity contribution < 1.29 is 30.0 Å². The van der Waals surface area contributed by atoms with Gasteiger partial charge in [0.2, 0.25) is 0 Å². The Kier molecular flexibility index (Phi) is 11.1. The molecule has 0 N–H and O–H groups in total. The molecule has 0 aromatic rings. The topological polar surface area (TPSA) is 64.6 Å². The number of hydrogen-bond acceptors (Lipinski definition) is 7. The molecule has 0 heterocycles. The van der Waals surface area contributed by atoms with Crippen LogP contribution in [0.4, 0.5) is 0 Å². The molecule has 0 spiro atoms. The highest BCUT2D eigenvalue weighted by molar-refractivity contribution is 6.91. The summed E-state index contributed by atoms with van der Waals surface area (Å²) >= 11 is 0. The van der Waals surface area contributed by atoms with Crippen molar-refractivity contribution in [2.75, 3.05) is 27.6 Å². The Labute approximate surface area is 186 Å². The molecule has 0 unspecified atom stereocenters. The molecule has 0 atom stereocenters. The van der Waals surface area contributed by atoms with Gasteiger partial charge in [-0.05, 0) is 72.0 Å². The molecule has 176 valence electrons. The fourth-order valence-corrected chi connectivity index (χ4v) is 25.5. The molecule has 0 aliphatic heterocycles. The average Bonchev–Trinajstić information content (AvgIpc) is 2.46. The van der Waals surface area contributed by atoms with Crippen molar-refractivity contribution in [1.29, 1.82) is 0 Å². The van der Waals surface area contributed by atoms with E-state index in [9.17, 15) is 0 Å². The number of rotatable bonds is 14. The molecule has 0 aromatic heterocycles. The van der Waals surface area contributed by atoms with E-state index in [-0.39, 0.29) is 0 Å². The van der Waals surface area contributed by atoms with Crippen LogP contribution in [0.15, 0.2) is 0 Å². The number of hydrogen-bond donors (Lipinski definition) is 0. The predicted molar refractivity (Wildman–Crippen MR) is 134 cm³/mol. The molecular weight excluding hydrogens is 473 g/mol. The molecule has 0 radical (unpaired) electrons. The molecule has 0 aliphatic rings. The van der Waals surface area contributed by atoms with Crippen LogP contribution in [-0.2, 0) is 30.0 Å². The Morgan fingerprint density at radius 2 is 0.793 bits per heavy atom. The molecule has 29 heavy (non-hydrogen) atoms. The van der Waals surface area contributed by atoms with E-state index in [0.717, 1.165) is 0 Å². The summed E-state index contributed by atoms with van der Waals surface area (Å²) in [6, 6.07) is 0. The first-order valence-electron chi connectivity index (χ1n) is 10.1. The van der Waals surface area contributed by atoms with Crippen molar-refractivity contribution >= 4 is 50.9 Å². The minimum Gasteiger partial charge on any atom is -0.416 e. The van der Waals surface area contributed by atoms with Crippen LogP contribution in [0.5, 0.6) is 0 Å². The first-order valence-corrected chi connectivity index (χ1v) is 27.3. The summed E-state index contributed by atoms with van der Waals surface area (Å²) in [7, 11) is -8.84. The summed E-state index contributed by atoms with van der Waals surface area (Å²) in [5.41, 5.74) is 0.654. The van der Waals surface area contributed by atoms with E-state index in [2.05, 4.69) is 72.0 Å². The van der Waals surface area contributed by atoms with Crippen molar-refractivity contribution in [3.8, 4) is 0 Å². The smallest absolute Gasteiger partial charge is 0.416 e. The molecule has 0 amide bonds. The van der Waals surface area contributed by atoms with Crippen LogP contribution in [0, 0.1) is 0 Å². The van der Waals surface area contributed by atoms with Gasteiger partial charge in [0.1, 0.15) is 6.23 Å². The Morgan fingerprint density at radius 3 is 1.03 bits per heavy atom. The van der Waals surface area contributed by atoms with Crippen molar-refractivity contribution in [2.24, 2.45) is 0 Å². The van der Waals surface area contributed by atoms with Gasteiger partial charge in [0.15, 0.2) is 33.3 Å². The van der Waals surface area contributed by atoms with Gasteiger partial charge >= 0.3 is 17.6 Å². The summed E-state index contributed by atoms with van der Waals surface area (Å²) in [5.74, 6) is 0. The van der Waals surface area contributed by atoms with E-state index < -0.39 is 50.9 Å². The zero-order valence-electron chi connectivity index (χ0n) is 21.3. The zero-order chi connectivity index (χ0) is 23.4. The average molecular weight is 519 g/mol. The highest BCUT2D eigenvalue weighted by Gasteiger charge is 2.53. The molecule has 0 bridgehead atoms. The molecule has 13 heteroatoms. The lowest BCUT2D eigenvalue weighted by Crippen LogP contribution is -2.64. The second-order valence-electron chi connectivity index (χ2n) is 10.8. The quantitative estimate of drug-likeness (QED) is 0.310. The molecule has 0 saturated heterocycles. The predicted octanol–water partition coefficient (Wildman–Crippen LogP) is 4.66. The fraction of sp³-hybridized carbons (Fsp3) is 1.00. The van der Waals surface area contributed by atoms with Crippen LogP contribution in [0.25, 0.3) is 0 Å². The second kappa shape index (κ2) is 10.8. The monoisotopic (exact) mass is 518 g/mol. The van der Waals surface area contributed by atoms with Gasteiger partial charge < -0.3 is 30.0 Å². The normalized spacial score (nSPS) is 15.1. The van der Waals surface area contributed by atoms with Gasteiger partial charge in [-0.15, -0.1) is 0 Å². The van der Waals surface area contributed by atoms with Crippen LogP contribution in [-0.4, -0.2) is 78.4 Å². The summed E-state index contributed by atoms with van der Waals surface area (Å²) < 4.78 is 43.6. The van der Waals surface area contributed by atoms with E-state index in [1.54, 1.807) is 21.3 Å². The lowest BCUT2D eigenvalue weighted by atomic mass is 11.7. The van der Waals surface area contributed by atoms with Crippen LogP contribution < -0.4 is 0 Å². The van der Waals surface area contributed by atoms with Gasteiger partial charge in [-0.2, -0.15) is 0 Å². The Morgan fingerprint density at radius 1 is 0.483 bits per heavy atom. The molecule has 0 aliphatic carbocycles. The van der Waals surface area contributed by atoms with Gasteiger partial charge in [-0.3, -0.25) is 0 Å². The molecule has 0 rings (SSSR count). The van der Waals surface area contributed by atoms with E-state index in [4.69, 9.17) is 30.0 Å². The second-order valence-corrected chi connectivity index (χ2v) is 35.4. The summed E-state index contributed by atoms with van der Waals surface area (Å²) in [6.07, 6.45) is 0.368. The van der Waals surface area contributed by atoms with Crippen LogP contribution >= 0.6 is 0 Å². The van der Waals surface area contributed by atoms with Gasteiger partial charge in [-0.1, -0.05) is 0 Å². The Bertz CT molecular complexity index is 446. The summed E-state index contributed by atoms with van der Waals surface area (Å²) in [5, 5.41) is 0. The van der Waals surface area contributed by atoms with Crippen LogP contribution in [0.2, 0.25) is 77.7 Å². The highest BCUT2D eigenvalue weighted by Crippen LogP contribution is 2.29. The summed E-state index contributed by atoms with van der Waals surface area (Å²) in [4.78, 5) is 0. The molecule has 0 aromatic carbocycles. The lowest BCUT2D eigenvalue weighted by molar-refractivity contribution is 0.126. The van der Waals surface area contributed by atoms with Crippen LogP contribution in [0.1, 0.15) is 0 Å². The van der Waals surface area contributed by atoms with Gasteiger partial charge in [0, 0.05) is 27.0 Å².